The predicted molar refractivity (Wildman–Crippen MR) is 75.2 cm³/mol. The predicted octanol–water partition coefficient (Wildman–Crippen LogP) is 4.37. The van der Waals surface area contributed by atoms with Gasteiger partial charge in [-0.05, 0) is 30.8 Å². The summed E-state index contributed by atoms with van der Waals surface area (Å²) in [4.78, 5) is 0. The van der Waals surface area contributed by atoms with Gasteiger partial charge in [0.25, 0.3) is 0 Å². The molecule has 2 aliphatic carbocycles. The Hall–Kier alpha value is -0.0400. The summed E-state index contributed by atoms with van der Waals surface area (Å²) in [6.45, 7) is 4.70. The second-order valence-electron chi connectivity index (χ2n) is 6.27. The summed E-state index contributed by atoms with van der Waals surface area (Å²) in [7, 11) is 0. The average Bonchev–Trinajstić information content (AvgIpc) is 2.42. The first kappa shape index (κ1) is 13.4. The highest BCUT2D eigenvalue weighted by Crippen LogP contribution is 2.39. The first-order chi connectivity index (χ1) is 8.42. The lowest BCUT2D eigenvalue weighted by Crippen LogP contribution is -2.35. The molecule has 0 aromatic carbocycles. The van der Waals surface area contributed by atoms with Crippen molar-refractivity contribution >= 4 is 0 Å². The van der Waals surface area contributed by atoms with Crippen LogP contribution in [0.1, 0.15) is 71.1 Å². The summed E-state index contributed by atoms with van der Waals surface area (Å²) in [6.07, 6.45) is 15.1. The molecule has 0 aromatic heterocycles. The van der Waals surface area contributed by atoms with Crippen molar-refractivity contribution < 1.29 is 0 Å². The minimum Gasteiger partial charge on any atom is -0.317 e. The molecule has 0 heterocycles. The zero-order chi connectivity index (χ0) is 11.9. The number of hydrogen-bond acceptors (Lipinski definition) is 1. The zero-order valence-corrected chi connectivity index (χ0v) is 11.7. The molecule has 0 bridgehead atoms. The lowest BCUT2D eigenvalue weighted by atomic mass is 9.69. The zero-order valence-electron chi connectivity index (χ0n) is 11.7. The van der Waals surface area contributed by atoms with Gasteiger partial charge >= 0.3 is 0 Å². The molecule has 0 saturated heterocycles. The molecular formula is C16H31N. The van der Waals surface area contributed by atoms with E-state index in [1.54, 1.807) is 0 Å². The highest BCUT2D eigenvalue weighted by atomic mass is 14.8. The Morgan fingerprint density at radius 1 is 0.824 bits per heavy atom. The van der Waals surface area contributed by atoms with Crippen LogP contribution in [0.15, 0.2) is 0 Å². The van der Waals surface area contributed by atoms with Gasteiger partial charge in [0.15, 0.2) is 0 Å². The molecule has 0 unspecified atom stereocenters. The lowest BCUT2D eigenvalue weighted by molar-refractivity contribution is 0.141. The summed E-state index contributed by atoms with van der Waals surface area (Å²) in [5.41, 5.74) is 0. The average molecular weight is 237 g/mol. The van der Waals surface area contributed by atoms with Crippen LogP contribution in [0.3, 0.4) is 0 Å². The molecule has 0 radical (unpaired) electrons. The van der Waals surface area contributed by atoms with Crippen LogP contribution in [-0.2, 0) is 0 Å². The summed E-state index contributed by atoms with van der Waals surface area (Å²) in [5.74, 6) is 3.09. The molecule has 0 spiro atoms. The molecule has 2 fully saturated rings. The third-order valence-electron chi connectivity index (χ3n) is 5.14. The molecule has 0 atom stereocenters. The molecule has 100 valence electrons. The first-order valence-corrected chi connectivity index (χ1v) is 8.12. The molecule has 0 amide bonds. The Bertz CT molecular complexity index is 172. The quantitative estimate of drug-likeness (QED) is 0.748. The van der Waals surface area contributed by atoms with Crippen LogP contribution in [0, 0.1) is 17.8 Å². The van der Waals surface area contributed by atoms with Crippen molar-refractivity contribution in [1.29, 1.82) is 0 Å². The largest absolute Gasteiger partial charge is 0.317 e. The van der Waals surface area contributed by atoms with Gasteiger partial charge in [-0.15, -0.1) is 0 Å². The second kappa shape index (κ2) is 7.41. The molecule has 0 aromatic rings. The number of hydrogen-bond donors (Lipinski definition) is 1. The van der Waals surface area contributed by atoms with E-state index >= 15 is 0 Å². The van der Waals surface area contributed by atoms with E-state index in [4.69, 9.17) is 0 Å². The van der Waals surface area contributed by atoms with Gasteiger partial charge in [-0.3, -0.25) is 0 Å². The third-order valence-corrected chi connectivity index (χ3v) is 5.14. The minimum atomic E-state index is 0.996. The van der Waals surface area contributed by atoms with Gasteiger partial charge < -0.3 is 5.32 Å². The Morgan fingerprint density at radius 2 is 1.29 bits per heavy atom. The molecule has 1 nitrogen and oxygen atoms in total. The van der Waals surface area contributed by atoms with Gasteiger partial charge in [0.2, 0.25) is 0 Å². The van der Waals surface area contributed by atoms with Crippen LogP contribution >= 0.6 is 0 Å². The topological polar surface area (TPSA) is 12.0 Å². The van der Waals surface area contributed by atoms with E-state index < -0.39 is 0 Å². The summed E-state index contributed by atoms with van der Waals surface area (Å²) >= 11 is 0. The van der Waals surface area contributed by atoms with Crippen molar-refractivity contribution in [2.75, 3.05) is 13.1 Å². The fraction of sp³-hybridized carbons (Fsp3) is 1.00. The van der Waals surface area contributed by atoms with Crippen molar-refractivity contribution in [3.05, 3.63) is 0 Å². The van der Waals surface area contributed by atoms with E-state index in [1.807, 2.05) is 0 Å². The normalized spacial score (nSPS) is 24.4. The maximum absolute atomic E-state index is 3.64. The van der Waals surface area contributed by atoms with E-state index in [-0.39, 0.29) is 0 Å². The number of rotatable bonds is 5. The van der Waals surface area contributed by atoms with Crippen LogP contribution in [0.25, 0.3) is 0 Å². The molecule has 17 heavy (non-hydrogen) atoms. The van der Waals surface area contributed by atoms with E-state index in [9.17, 15) is 0 Å². The third kappa shape index (κ3) is 3.98. The standard InChI is InChI=1S/C16H31N/c1-2-17-13-16(14-9-5-3-6-10-14)15-11-7-4-8-12-15/h14-17H,2-13H2,1H3. The van der Waals surface area contributed by atoms with E-state index in [1.165, 1.54) is 70.8 Å². The van der Waals surface area contributed by atoms with Crippen molar-refractivity contribution in [3.8, 4) is 0 Å². The highest BCUT2D eigenvalue weighted by molar-refractivity contribution is 4.82. The Morgan fingerprint density at radius 3 is 1.71 bits per heavy atom. The van der Waals surface area contributed by atoms with Gasteiger partial charge in [0.05, 0.1) is 0 Å². The minimum absolute atomic E-state index is 0.996. The molecule has 2 aliphatic rings. The molecule has 2 saturated carbocycles. The molecule has 2 rings (SSSR count). The molecule has 1 heteroatoms. The van der Waals surface area contributed by atoms with Crippen LogP contribution in [0.4, 0.5) is 0 Å². The fourth-order valence-corrected chi connectivity index (χ4v) is 4.15. The fourth-order valence-electron chi connectivity index (χ4n) is 4.15. The van der Waals surface area contributed by atoms with Gasteiger partial charge in [-0.2, -0.15) is 0 Å². The molecule has 1 N–H and O–H groups in total. The van der Waals surface area contributed by atoms with Crippen molar-refractivity contribution in [2.24, 2.45) is 17.8 Å². The van der Waals surface area contributed by atoms with Gasteiger partial charge in [0, 0.05) is 0 Å². The number of nitrogens with one attached hydrogen (secondary N) is 1. The monoisotopic (exact) mass is 237 g/mol. The summed E-state index contributed by atoms with van der Waals surface area (Å²) in [6, 6.07) is 0. The van der Waals surface area contributed by atoms with Crippen molar-refractivity contribution in [1.82, 2.24) is 5.32 Å². The van der Waals surface area contributed by atoms with Crippen LogP contribution < -0.4 is 5.32 Å². The summed E-state index contributed by atoms with van der Waals surface area (Å²) in [5, 5.41) is 3.64. The smallest absolute Gasteiger partial charge is 0.00153 e. The van der Waals surface area contributed by atoms with E-state index in [0.29, 0.717) is 0 Å². The van der Waals surface area contributed by atoms with Gasteiger partial charge in [0.1, 0.15) is 0 Å². The van der Waals surface area contributed by atoms with Crippen LogP contribution in [0.2, 0.25) is 0 Å². The summed E-state index contributed by atoms with van der Waals surface area (Å²) < 4.78 is 0. The first-order valence-electron chi connectivity index (χ1n) is 8.12. The van der Waals surface area contributed by atoms with E-state index in [0.717, 1.165) is 24.3 Å². The van der Waals surface area contributed by atoms with Gasteiger partial charge in [-0.1, -0.05) is 71.1 Å². The van der Waals surface area contributed by atoms with Crippen LogP contribution in [-0.4, -0.2) is 13.1 Å². The molecule has 0 aliphatic heterocycles. The Balaban J connectivity index is 1.90. The van der Waals surface area contributed by atoms with Crippen LogP contribution in [0.5, 0.6) is 0 Å². The van der Waals surface area contributed by atoms with Gasteiger partial charge in [-0.25, -0.2) is 0 Å². The molecular weight excluding hydrogens is 206 g/mol. The lowest BCUT2D eigenvalue weighted by Gasteiger charge is -2.38. The van der Waals surface area contributed by atoms with Crippen molar-refractivity contribution in [3.63, 3.8) is 0 Å². The maximum Gasteiger partial charge on any atom is -0.00153 e. The van der Waals surface area contributed by atoms with Crippen molar-refractivity contribution in [2.45, 2.75) is 71.1 Å². The Labute approximate surface area is 108 Å². The maximum atomic E-state index is 3.64. The Kier molecular flexibility index (Phi) is 5.84. The van der Waals surface area contributed by atoms with E-state index in [2.05, 4.69) is 12.2 Å². The SMILES string of the molecule is CCNCC(C1CCCCC1)C1CCCCC1. The highest BCUT2D eigenvalue weighted by Gasteiger charge is 2.30. The second-order valence-corrected chi connectivity index (χ2v) is 6.27.